The summed E-state index contributed by atoms with van der Waals surface area (Å²) >= 11 is 6.05. The summed E-state index contributed by atoms with van der Waals surface area (Å²) in [7, 11) is -1.90. The van der Waals surface area contributed by atoms with Gasteiger partial charge in [0.2, 0.25) is 5.03 Å². The summed E-state index contributed by atoms with van der Waals surface area (Å²) < 4.78 is 28.5. The van der Waals surface area contributed by atoms with Crippen LogP contribution in [0.15, 0.2) is 11.4 Å². The number of sulfonamides is 1. The lowest BCUT2D eigenvalue weighted by Crippen LogP contribution is -2.39. The average molecular weight is 319 g/mol. The molecule has 112 valence electrons. The van der Waals surface area contributed by atoms with E-state index in [1.165, 1.54) is 10.9 Å². The molecule has 1 aromatic heterocycles. The average Bonchev–Trinajstić information content (AvgIpc) is 2.91. The number of halogens is 1. The first-order valence-corrected chi connectivity index (χ1v) is 8.73. The van der Waals surface area contributed by atoms with Gasteiger partial charge in [-0.05, 0) is 32.4 Å². The SMILES string of the molecule is Cn1cnc(S(=O)(=O)N2CCCN3CCCC3C2)c1Cl. The smallest absolute Gasteiger partial charge is 0.263 e. The van der Waals surface area contributed by atoms with Crippen LogP contribution in [0.3, 0.4) is 0 Å². The molecule has 1 unspecified atom stereocenters. The lowest BCUT2D eigenvalue weighted by Gasteiger charge is -2.24. The number of imidazole rings is 1. The Morgan fingerprint density at radius 2 is 2.05 bits per heavy atom. The van der Waals surface area contributed by atoms with Gasteiger partial charge in [0, 0.05) is 26.2 Å². The predicted octanol–water partition coefficient (Wildman–Crippen LogP) is 0.932. The van der Waals surface area contributed by atoms with Crippen LogP contribution in [-0.4, -0.2) is 59.4 Å². The Balaban J connectivity index is 1.89. The number of aromatic nitrogens is 2. The fraction of sp³-hybridized carbons (Fsp3) is 0.750. The normalized spacial score (nSPS) is 25.6. The van der Waals surface area contributed by atoms with Crippen molar-refractivity contribution in [2.24, 2.45) is 7.05 Å². The number of rotatable bonds is 2. The van der Waals surface area contributed by atoms with Crippen molar-refractivity contribution in [2.45, 2.75) is 30.3 Å². The fourth-order valence-electron chi connectivity index (χ4n) is 3.08. The Labute approximate surface area is 124 Å². The monoisotopic (exact) mass is 318 g/mol. The van der Waals surface area contributed by atoms with Crippen molar-refractivity contribution in [3.8, 4) is 0 Å². The van der Waals surface area contributed by atoms with Crippen LogP contribution in [0.2, 0.25) is 5.15 Å². The van der Waals surface area contributed by atoms with Crippen LogP contribution in [-0.2, 0) is 17.1 Å². The minimum absolute atomic E-state index is 0.0203. The number of fused-ring (bicyclic) bond motifs is 1. The molecule has 0 aliphatic carbocycles. The maximum atomic E-state index is 12.7. The lowest BCUT2D eigenvalue weighted by molar-refractivity contribution is 0.257. The molecule has 2 aliphatic rings. The maximum Gasteiger partial charge on any atom is 0.263 e. The van der Waals surface area contributed by atoms with Crippen molar-refractivity contribution in [1.82, 2.24) is 18.8 Å². The molecule has 1 aromatic rings. The Morgan fingerprint density at radius 1 is 1.30 bits per heavy atom. The van der Waals surface area contributed by atoms with Crippen LogP contribution in [0.25, 0.3) is 0 Å². The minimum Gasteiger partial charge on any atom is -0.324 e. The van der Waals surface area contributed by atoms with Crippen LogP contribution < -0.4 is 0 Å². The first-order valence-electron chi connectivity index (χ1n) is 6.91. The molecular formula is C12H19ClN4O2S. The molecule has 0 bridgehead atoms. The van der Waals surface area contributed by atoms with E-state index in [0.29, 0.717) is 19.1 Å². The third-order valence-corrected chi connectivity index (χ3v) is 6.54. The number of hydrogen-bond donors (Lipinski definition) is 0. The lowest BCUT2D eigenvalue weighted by atomic mass is 10.2. The molecule has 0 amide bonds. The Bertz CT molecular complexity index is 601. The van der Waals surface area contributed by atoms with Crippen molar-refractivity contribution in [1.29, 1.82) is 0 Å². The van der Waals surface area contributed by atoms with Gasteiger partial charge in [-0.2, -0.15) is 4.31 Å². The van der Waals surface area contributed by atoms with Crippen molar-refractivity contribution in [2.75, 3.05) is 26.2 Å². The van der Waals surface area contributed by atoms with E-state index in [1.807, 2.05) is 0 Å². The van der Waals surface area contributed by atoms with Crippen LogP contribution in [0.4, 0.5) is 0 Å². The van der Waals surface area contributed by atoms with Crippen LogP contribution in [0, 0.1) is 0 Å². The molecule has 0 aromatic carbocycles. The molecule has 1 atom stereocenters. The molecule has 0 N–H and O–H groups in total. The molecule has 2 aliphatic heterocycles. The summed E-state index contributed by atoms with van der Waals surface area (Å²) in [5.74, 6) is 0. The third kappa shape index (κ3) is 2.36. The van der Waals surface area contributed by atoms with E-state index in [0.717, 1.165) is 32.4 Å². The molecule has 0 spiro atoms. The summed E-state index contributed by atoms with van der Waals surface area (Å²) in [4.78, 5) is 6.36. The molecule has 6 nitrogen and oxygen atoms in total. The van der Waals surface area contributed by atoms with Crippen LogP contribution in [0.1, 0.15) is 19.3 Å². The van der Waals surface area contributed by atoms with Gasteiger partial charge in [-0.25, -0.2) is 13.4 Å². The van der Waals surface area contributed by atoms with Gasteiger partial charge in [-0.15, -0.1) is 0 Å². The van der Waals surface area contributed by atoms with E-state index < -0.39 is 10.0 Å². The third-order valence-electron chi connectivity index (χ3n) is 4.18. The summed E-state index contributed by atoms with van der Waals surface area (Å²) in [6.45, 7) is 3.16. The molecular weight excluding hydrogens is 300 g/mol. The second-order valence-electron chi connectivity index (χ2n) is 5.50. The summed E-state index contributed by atoms with van der Waals surface area (Å²) in [6, 6.07) is 0.342. The van der Waals surface area contributed by atoms with Gasteiger partial charge in [0.1, 0.15) is 5.15 Å². The van der Waals surface area contributed by atoms with E-state index >= 15 is 0 Å². The summed E-state index contributed by atoms with van der Waals surface area (Å²) in [6.07, 6.45) is 4.53. The molecule has 20 heavy (non-hydrogen) atoms. The highest BCUT2D eigenvalue weighted by atomic mass is 35.5. The number of hydrogen-bond acceptors (Lipinski definition) is 4. The Hall–Kier alpha value is -0.630. The zero-order valence-electron chi connectivity index (χ0n) is 11.5. The number of nitrogens with zero attached hydrogens (tertiary/aromatic N) is 4. The van der Waals surface area contributed by atoms with Crippen LogP contribution >= 0.6 is 11.6 Å². The highest BCUT2D eigenvalue weighted by Gasteiger charge is 2.36. The second kappa shape index (κ2) is 5.29. The molecule has 0 saturated carbocycles. The molecule has 3 heterocycles. The fourth-order valence-corrected chi connectivity index (χ4v) is 4.98. The van der Waals surface area contributed by atoms with E-state index in [-0.39, 0.29) is 10.2 Å². The van der Waals surface area contributed by atoms with Crippen molar-refractivity contribution >= 4 is 21.6 Å². The van der Waals surface area contributed by atoms with E-state index in [4.69, 9.17) is 11.6 Å². The number of aryl methyl sites for hydroxylation is 1. The largest absolute Gasteiger partial charge is 0.324 e. The quantitative estimate of drug-likeness (QED) is 0.814. The zero-order chi connectivity index (χ0) is 14.3. The standard InChI is InChI=1S/C12H19ClN4O2S/c1-15-9-14-12(11(15)13)20(18,19)17-7-3-6-16-5-2-4-10(16)8-17/h9-10H,2-8H2,1H3. The first-order chi connectivity index (χ1) is 9.50. The second-order valence-corrected chi connectivity index (χ2v) is 7.71. The highest BCUT2D eigenvalue weighted by molar-refractivity contribution is 7.89. The molecule has 2 saturated heterocycles. The van der Waals surface area contributed by atoms with Gasteiger partial charge in [0.05, 0.1) is 6.33 Å². The summed E-state index contributed by atoms with van der Waals surface area (Å²) in [5, 5.41) is 0.158. The first kappa shape index (κ1) is 14.3. The van der Waals surface area contributed by atoms with Gasteiger partial charge < -0.3 is 4.57 Å². The van der Waals surface area contributed by atoms with Gasteiger partial charge in [0.15, 0.2) is 0 Å². The van der Waals surface area contributed by atoms with Crippen LogP contribution in [0.5, 0.6) is 0 Å². The minimum atomic E-state index is -3.59. The molecule has 8 heteroatoms. The van der Waals surface area contributed by atoms with Gasteiger partial charge in [-0.3, -0.25) is 4.90 Å². The Morgan fingerprint density at radius 3 is 2.75 bits per heavy atom. The van der Waals surface area contributed by atoms with Crippen molar-refractivity contribution < 1.29 is 8.42 Å². The van der Waals surface area contributed by atoms with Gasteiger partial charge in [-0.1, -0.05) is 11.6 Å². The topological polar surface area (TPSA) is 58.4 Å². The Kier molecular flexibility index (Phi) is 3.79. The van der Waals surface area contributed by atoms with Gasteiger partial charge >= 0.3 is 0 Å². The molecule has 2 fully saturated rings. The summed E-state index contributed by atoms with van der Waals surface area (Å²) in [5.41, 5.74) is 0. The van der Waals surface area contributed by atoms with E-state index in [2.05, 4.69) is 9.88 Å². The van der Waals surface area contributed by atoms with E-state index in [1.54, 1.807) is 11.4 Å². The van der Waals surface area contributed by atoms with Gasteiger partial charge in [0.25, 0.3) is 10.0 Å². The molecule has 3 rings (SSSR count). The maximum absolute atomic E-state index is 12.7. The van der Waals surface area contributed by atoms with Crippen molar-refractivity contribution in [3.63, 3.8) is 0 Å². The van der Waals surface area contributed by atoms with E-state index in [9.17, 15) is 8.42 Å². The highest BCUT2D eigenvalue weighted by Crippen LogP contribution is 2.27. The molecule has 0 radical (unpaired) electrons. The van der Waals surface area contributed by atoms with Crippen molar-refractivity contribution in [3.05, 3.63) is 11.5 Å². The predicted molar refractivity (Wildman–Crippen MR) is 76.2 cm³/mol. The zero-order valence-corrected chi connectivity index (χ0v) is 13.1.